The Balaban J connectivity index is 1.38. The van der Waals surface area contributed by atoms with Crippen molar-refractivity contribution in [2.75, 3.05) is 37.7 Å². The second kappa shape index (κ2) is 11.3. The minimum absolute atomic E-state index is 0.0849. The Morgan fingerprint density at radius 3 is 2.55 bits per heavy atom. The molecule has 2 heterocycles. The first-order valence-corrected chi connectivity index (χ1v) is 11.0. The van der Waals surface area contributed by atoms with Crippen LogP contribution in [-0.2, 0) is 4.84 Å². The van der Waals surface area contributed by atoms with Crippen LogP contribution >= 0.6 is 0 Å². The molecule has 0 spiro atoms. The molecule has 0 saturated carbocycles. The Kier molecular flexibility index (Phi) is 8.27. The van der Waals surface area contributed by atoms with Crippen LogP contribution in [0.25, 0.3) is 0 Å². The number of aromatic nitrogens is 1. The van der Waals surface area contributed by atoms with Crippen molar-refractivity contribution < 1.29 is 14.4 Å². The summed E-state index contributed by atoms with van der Waals surface area (Å²) in [6.07, 6.45) is 8.12. The molecule has 166 valence electrons. The van der Waals surface area contributed by atoms with Gasteiger partial charge in [-0.3, -0.25) is 9.88 Å². The number of unbranched alkanes of at least 4 members (excludes halogenated alkanes) is 2. The first kappa shape index (κ1) is 22.6. The van der Waals surface area contributed by atoms with Crippen LogP contribution < -0.4 is 9.64 Å². The SMILES string of the molecule is CCON=Cc1cc(C)c(OCCCCCN2CCN(c3ccncc3)C2=O)c(C)c1. The Hall–Kier alpha value is -3.09. The molecule has 0 aliphatic carbocycles. The van der Waals surface area contributed by atoms with Crippen molar-refractivity contribution in [1.82, 2.24) is 9.88 Å². The average Bonchev–Trinajstić information content (AvgIpc) is 3.13. The van der Waals surface area contributed by atoms with Gasteiger partial charge in [0.15, 0.2) is 0 Å². The number of carbonyl (C=O) groups is 1. The molecule has 1 fully saturated rings. The maximum atomic E-state index is 12.6. The third kappa shape index (κ3) is 6.20. The first-order valence-electron chi connectivity index (χ1n) is 11.0. The second-order valence-electron chi connectivity index (χ2n) is 7.67. The van der Waals surface area contributed by atoms with E-state index in [0.717, 1.165) is 67.0 Å². The van der Waals surface area contributed by atoms with Crippen LogP contribution in [0.1, 0.15) is 42.9 Å². The number of ether oxygens (including phenoxy) is 1. The molecule has 2 aromatic rings. The van der Waals surface area contributed by atoms with Crippen LogP contribution in [0.3, 0.4) is 0 Å². The molecule has 1 saturated heterocycles. The largest absolute Gasteiger partial charge is 0.493 e. The molecule has 1 aliphatic rings. The Morgan fingerprint density at radius 1 is 1.10 bits per heavy atom. The summed E-state index contributed by atoms with van der Waals surface area (Å²) in [5, 5.41) is 3.93. The summed E-state index contributed by atoms with van der Waals surface area (Å²) in [5.74, 6) is 0.941. The van der Waals surface area contributed by atoms with E-state index in [0.29, 0.717) is 13.2 Å². The number of hydrogen-bond donors (Lipinski definition) is 0. The zero-order valence-corrected chi connectivity index (χ0v) is 18.7. The van der Waals surface area contributed by atoms with E-state index >= 15 is 0 Å². The van der Waals surface area contributed by atoms with E-state index in [4.69, 9.17) is 9.57 Å². The van der Waals surface area contributed by atoms with Gasteiger partial charge < -0.3 is 14.5 Å². The molecule has 1 aliphatic heterocycles. The van der Waals surface area contributed by atoms with Crippen molar-refractivity contribution in [2.24, 2.45) is 5.16 Å². The van der Waals surface area contributed by atoms with Gasteiger partial charge in [-0.15, -0.1) is 0 Å². The van der Waals surface area contributed by atoms with Crippen LogP contribution in [0, 0.1) is 13.8 Å². The van der Waals surface area contributed by atoms with E-state index in [2.05, 4.69) is 22.3 Å². The van der Waals surface area contributed by atoms with Crippen molar-refractivity contribution >= 4 is 17.9 Å². The zero-order chi connectivity index (χ0) is 22.1. The average molecular weight is 425 g/mol. The maximum absolute atomic E-state index is 12.6. The lowest BCUT2D eigenvalue weighted by molar-refractivity contribution is 0.160. The van der Waals surface area contributed by atoms with Gasteiger partial charge in [0.2, 0.25) is 0 Å². The van der Waals surface area contributed by atoms with Crippen molar-refractivity contribution in [1.29, 1.82) is 0 Å². The van der Waals surface area contributed by atoms with E-state index in [9.17, 15) is 4.79 Å². The third-order valence-electron chi connectivity index (χ3n) is 5.28. The topological polar surface area (TPSA) is 67.3 Å². The van der Waals surface area contributed by atoms with Crippen molar-refractivity contribution in [3.05, 3.63) is 53.3 Å². The predicted octanol–water partition coefficient (Wildman–Crippen LogP) is 4.56. The first-order chi connectivity index (χ1) is 15.1. The fourth-order valence-corrected chi connectivity index (χ4v) is 3.77. The standard InChI is InChI=1S/C24H32N4O3/c1-4-31-26-18-21-16-19(2)23(20(3)17-21)30-15-7-5-6-12-27-13-14-28(24(27)29)22-8-10-25-11-9-22/h8-11,16-18H,4-7,12-15H2,1-3H3. The summed E-state index contributed by atoms with van der Waals surface area (Å²) < 4.78 is 6.05. The van der Waals surface area contributed by atoms with Crippen LogP contribution in [0.15, 0.2) is 41.8 Å². The van der Waals surface area contributed by atoms with Gasteiger partial charge in [0.05, 0.1) is 12.8 Å². The van der Waals surface area contributed by atoms with Crippen LogP contribution in [0.4, 0.5) is 10.5 Å². The van der Waals surface area contributed by atoms with Gasteiger partial charge in [-0.2, -0.15) is 0 Å². The highest BCUT2D eigenvalue weighted by atomic mass is 16.6. The van der Waals surface area contributed by atoms with Gasteiger partial charge in [-0.05, 0) is 81.0 Å². The summed E-state index contributed by atoms with van der Waals surface area (Å²) in [5.41, 5.74) is 4.11. The van der Waals surface area contributed by atoms with Gasteiger partial charge in [0, 0.05) is 37.7 Å². The number of anilines is 1. The molecule has 0 radical (unpaired) electrons. The normalized spacial score (nSPS) is 14.0. The molecular formula is C24H32N4O3. The van der Waals surface area contributed by atoms with E-state index in [-0.39, 0.29) is 6.03 Å². The summed E-state index contributed by atoms with van der Waals surface area (Å²) >= 11 is 0. The van der Waals surface area contributed by atoms with E-state index in [1.54, 1.807) is 18.6 Å². The summed E-state index contributed by atoms with van der Waals surface area (Å²) in [7, 11) is 0. The van der Waals surface area contributed by atoms with E-state index < -0.39 is 0 Å². The molecule has 0 unspecified atom stereocenters. The highest BCUT2D eigenvalue weighted by Gasteiger charge is 2.28. The lowest BCUT2D eigenvalue weighted by Gasteiger charge is -2.18. The number of amides is 2. The highest BCUT2D eigenvalue weighted by Crippen LogP contribution is 2.25. The lowest BCUT2D eigenvalue weighted by atomic mass is 10.1. The molecule has 0 atom stereocenters. The maximum Gasteiger partial charge on any atom is 0.324 e. The Bertz CT molecular complexity index is 863. The minimum atomic E-state index is 0.0849. The van der Waals surface area contributed by atoms with Crippen molar-refractivity contribution in [2.45, 2.75) is 40.0 Å². The van der Waals surface area contributed by atoms with Gasteiger partial charge in [0.1, 0.15) is 12.4 Å². The molecule has 7 nitrogen and oxygen atoms in total. The number of benzene rings is 1. The Morgan fingerprint density at radius 2 is 1.84 bits per heavy atom. The van der Waals surface area contributed by atoms with E-state index in [1.165, 1.54) is 0 Å². The van der Waals surface area contributed by atoms with Gasteiger partial charge >= 0.3 is 6.03 Å². The van der Waals surface area contributed by atoms with Crippen LogP contribution in [0.5, 0.6) is 5.75 Å². The molecule has 3 rings (SSSR count). The number of carbonyl (C=O) groups excluding carboxylic acids is 1. The molecular weight excluding hydrogens is 392 g/mol. The van der Waals surface area contributed by atoms with Crippen molar-refractivity contribution in [3.8, 4) is 5.75 Å². The fraction of sp³-hybridized carbons (Fsp3) is 0.458. The number of nitrogens with zero attached hydrogens (tertiary/aromatic N) is 4. The molecule has 2 amide bonds. The third-order valence-corrected chi connectivity index (χ3v) is 5.28. The number of aryl methyl sites for hydroxylation is 2. The second-order valence-corrected chi connectivity index (χ2v) is 7.67. The number of pyridine rings is 1. The highest BCUT2D eigenvalue weighted by molar-refractivity contribution is 5.94. The summed E-state index contributed by atoms with van der Waals surface area (Å²) in [6.45, 7) is 9.53. The Labute approximate surface area is 184 Å². The molecule has 1 aromatic heterocycles. The molecule has 0 bridgehead atoms. The van der Waals surface area contributed by atoms with E-state index in [1.807, 2.05) is 42.7 Å². The zero-order valence-electron chi connectivity index (χ0n) is 18.7. The van der Waals surface area contributed by atoms with Crippen molar-refractivity contribution in [3.63, 3.8) is 0 Å². The number of hydrogen-bond acceptors (Lipinski definition) is 5. The van der Waals surface area contributed by atoms with Gasteiger partial charge in [-0.1, -0.05) is 5.16 Å². The van der Waals surface area contributed by atoms with Crippen LogP contribution in [-0.4, -0.2) is 55.0 Å². The predicted molar refractivity (Wildman–Crippen MR) is 123 cm³/mol. The van der Waals surface area contributed by atoms with Crippen LogP contribution in [0.2, 0.25) is 0 Å². The molecule has 31 heavy (non-hydrogen) atoms. The molecule has 1 aromatic carbocycles. The number of oxime groups is 1. The van der Waals surface area contributed by atoms with Gasteiger partial charge in [-0.25, -0.2) is 4.79 Å². The number of urea groups is 1. The lowest BCUT2D eigenvalue weighted by Crippen LogP contribution is -2.32. The fourth-order valence-electron chi connectivity index (χ4n) is 3.77. The number of rotatable bonds is 11. The quantitative estimate of drug-likeness (QED) is 0.301. The summed E-state index contributed by atoms with van der Waals surface area (Å²) in [6, 6.07) is 7.94. The van der Waals surface area contributed by atoms with Gasteiger partial charge in [0.25, 0.3) is 0 Å². The molecule has 7 heteroatoms. The molecule has 0 N–H and O–H groups in total. The monoisotopic (exact) mass is 424 g/mol. The minimum Gasteiger partial charge on any atom is -0.493 e. The smallest absolute Gasteiger partial charge is 0.324 e. The summed E-state index contributed by atoms with van der Waals surface area (Å²) in [4.78, 5) is 25.4.